The molecule has 0 radical (unpaired) electrons. The number of methoxy groups -OCH3 is 1. The van der Waals surface area contributed by atoms with Gasteiger partial charge in [0.2, 0.25) is 11.5 Å². The van der Waals surface area contributed by atoms with Crippen LogP contribution in [0.1, 0.15) is 35.5 Å². The Bertz CT molecular complexity index is 1640. The molecule has 0 aliphatic rings. The summed E-state index contributed by atoms with van der Waals surface area (Å²) in [5, 5.41) is 13.2. The number of nitrogens with two attached hydrogens (primary N) is 1. The molecule has 18 heteroatoms. The Labute approximate surface area is 265 Å². The van der Waals surface area contributed by atoms with Gasteiger partial charge in [0.1, 0.15) is 30.0 Å². The average Bonchev–Trinajstić information content (AvgIpc) is 2.98. The van der Waals surface area contributed by atoms with Gasteiger partial charge in [-0.2, -0.15) is 13.2 Å². The van der Waals surface area contributed by atoms with Crippen molar-refractivity contribution in [1.82, 2.24) is 10.3 Å². The Balaban J connectivity index is 1.98. The van der Waals surface area contributed by atoms with Crippen molar-refractivity contribution in [2.45, 2.75) is 38.1 Å². The summed E-state index contributed by atoms with van der Waals surface area (Å²) < 4.78 is 89.1. The molecule has 0 fully saturated rings. The number of phosphoric acid groups is 1. The molecule has 256 valence electrons. The summed E-state index contributed by atoms with van der Waals surface area (Å²) in [4.78, 5) is 46.7. The van der Waals surface area contributed by atoms with Crippen molar-refractivity contribution in [2.24, 2.45) is 5.73 Å². The number of aromatic nitrogens is 1. The van der Waals surface area contributed by atoms with Crippen LogP contribution in [0.5, 0.6) is 17.2 Å². The van der Waals surface area contributed by atoms with Gasteiger partial charge in [-0.3, -0.25) is 14.1 Å². The molecule has 0 saturated carbocycles. The highest BCUT2D eigenvalue weighted by Crippen LogP contribution is 2.42. The van der Waals surface area contributed by atoms with Crippen LogP contribution in [-0.2, 0) is 25.9 Å². The van der Waals surface area contributed by atoms with Crippen LogP contribution in [0.2, 0.25) is 0 Å². The number of amides is 2. The van der Waals surface area contributed by atoms with Crippen LogP contribution in [0.15, 0.2) is 48.5 Å². The number of nitrogens with one attached hydrogen (secondary N) is 1. The molecule has 0 saturated heterocycles. The highest BCUT2D eigenvalue weighted by atomic mass is 31.2. The number of hydrogen-bond acceptors (Lipinski definition) is 9. The molecule has 1 heterocycles. The number of aliphatic hydroxyl groups is 1. The first kappa shape index (κ1) is 37.2. The normalized spacial score (nSPS) is 13.7. The van der Waals surface area contributed by atoms with E-state index in [9.17, 15) is 36.8 Å². The molecular weight excluding hydrogens is 657 g/mol. The number of primary amides is 1. The summed E-state index contributed by atoms with van der Waals surface area (Å²) in [6.45, 7) is 1.14. The van der Waals surface area contributed by atoms with Gasteiger partial charge in [-0.15, -0.1) is 0 Å². The van der Waals surface area contributed by atoms with E-state index in [2.05, 4.69) is 9.51 Å². The van der Waals surface area contributed by atoms with Gasteiger partial charge < -0.3 is 40.2 Å². The van der Waals surface area contributed by atoms with Gasteiger partial charge in [-0.05, 0) is 62.4 Å². The zero-order valence-electron chi connectivity index (χ0n) is 25.2. The lowest BCUT2D eigenvalue weighted by Crippen LogP contribution is -2.51. The second-order valence-electron chi connectivity index (χ2n) is 10.1. The minimum absolute atomic E-state index is 0.00801. The van der Waals surface area contributed by atoms with E-state index in [-0.39, 0.29) is 52.8 Å². The molecule has 0 aliphatic carbocycles. The van der Waals surface area contributed by atoms with Crippen LogP contribution in [0, 0.1) is 5.82 Å². The first-order valence-corrected chi connectivity index (χ1v) is 15.2. The highest BCUT2D eigenvalue weighted by Gasteiger charge is 2.56. The van der Waals surface area contributed by atoms with Crippen molar-refractivity contribution in [3.8, 4) is 28.5 Å². The number of phosphoric ester groups is 1. The van der Waals surface area contributed by atoms with Gasteiger partial charge in [0.25, 0.3) is 5.91 Å². The molecule has 0 unspecified atom stereocenters. The Morgan fingerprint density at radius 3 is 2.28 bits per heavy atom. The zero-order valence-corrected chi connectivity index (χ0v) is 26.1. The van der Waals surface area contributed by atoms with E-state index in [1.807, 2.05) is 5.32 Å². The number of carbonyl (C=O) groups is 2. The summed E-state index contributed by atoms with van der Waals surface area (Å²) in [6, 6.07) is 8.83. The molecule has 6 N–H and O–H groups in total. The molecule has 1 aromatic heterocycles. The second-order valence-corrected chi connectivity index (χ2v) is 11.2. The van der Waals surface area contributed by atoms with Crippen LogP contribution in [0.3, 0.4) is 0 Å². The Hall–Kier alpha value is -4.28. The van der Waals surface area contributed by atoms with E-state index in [0.29, 0.717) is 0 Å². The van der Waals surface area contributed by atoms with Gasteiger partial charge in [-0.25, -0.2) is 13.9 Å². The lowest BCUT2D eigenvalue weighted by molar-refractivity contribution is -0.265. The topological polar surface area (TPSA) is 200 Å². The first-order chi connectivity index (χ1) is 21.9. The van der Waals surface area contributed by atoms with E-state index in [1.54, 1.807) is 6.92 Å². The maximum atomic E-state index is 14.6. The Kier molecular flexibility index (Phi) is 11.9. The summed E-state index contributed by atoms with van der Waals surface area (Å²) in [6.07, 6.45) is -7.07. The molecule has 2 atom stereocenters. The van der Waals surface area contributed by atoms with Crippen LogP contribution in [0.25, 0.3) is 11.3 Å². The molecule has 3 rings (SSSR count). The molecule has 2 aromatic carbocycles. The fraction of sp³-hybridized carbons (Fsp3) is 0.345. The lowest BCUT2D eigenvalue weighted by atomic mass is 9.93. The summed E-state index contributed by atoms with van der Waals surface area (Å²) in [5.41, 5.74) is 0.0389. The number of carbonyl (C=O) groups excluding carboxylic acids is 2. The van der Waals surface area contributed by atoms with Crippen molar-refractivity contribution < 1.29 is 65.3 Å². The van der Waals surface area contributed by atoms with Crippen LogP contribution >= 0.6 is 7.82 Å². The monoisotopic (exact) mass is 689 g/mol. The minimum atomic E-state index is -5.42. The quantitative estimate of drug-likeness (QED) is 0.116. The number of hydrogen-bond donors (Lipinski definition) is 5. The van der Waals surface area contributed by atoms with E-state index in [4.69, 9.17) is 29.7 Å². The third-order valence-corrected chi connectivity index (χ3v) is 7.07. The van der Waals surface area contributed by atoms with E-state index < -0.39 is 62.0 Å². The highest BCUT2D eigenvalue weighted by molar-refractivity contribution is 7.46. The lowest BCUT2D eigenvalue weighted by Gasteiger charge is -2.31. The van der Waals surface area contributed by atoms with Crippen LogP contribution < -0.4 is 25.3 Å². The number of rotatable bonds is 15. The van der Waals surface area contributed by atoms with E-state index in [0.717, 1.165) is 24.3 Å². The van der Waals surface area contributed by atoms with Crippen molar-refractivity contribution in [1.29, 1.82) is 0 Å². The maximum absolute atomic E-state index is 14.6. The molecular formula is C29H32F4N3O10P. The van der Waals surface area contributed by atoms with E-state index in [1.165, 1.54) is 38.3 Å². The molecule has 3 aromatic rings. The van der Waals surface area contributed by atoms with Crippen molar-refractivity contribution >= 4 is 19.6 Å². The smallest absolute Gasteiger partial charge is 0.469 e. The number of nitrogens with zero attached hydrogens (tertiary/aromatic N) is 1. The summed E-state index contributed by atoms with van der Waals surface area (Å²) in [5.74, 6) is -2.78. The largest absolute Gasteiger partial charge is 0.493 e. The van der Waals surface area contributed by atoms with Crippen LogP contribution in [0.4, 0.5) is 17.6 Å². The van der Waals surface area contributed by atoms with Gasteiger partial charge in [0.05, 0.1) is 32.4 Å². The summed E-state index contributed by atoms with van der Waals surface area (Å²) in [7, 11) is -3.57. The van der Waals surface area contributed by atoms with Crippen molar-refractivity contribution in [2.75, 3.05) is 26.9 Å². The predicted octanol–water partition coefficient (Wildman–Crippen LogP) is 3.38. The third-order valence-electron chi connectivity index (χ3n) is 6.44. The molecule has 2 amide bonds. The van der Waals surface area contributed by atoms with Gasteiger partial charge >= 0.3 is 14.0 Å². The number of pyridine rings is 1. The molecule has 0 bridgehead atoms. The first-order valence-electron chi connectivity index (χ1n) is 13.7. The standard InChI is InChI=1S/C29H32F4N3O10P/c1-4-44-26-19(13-24(34)37)12-23(36-25(26)17-5-8-20(30)9-6-17)28(39,29(31,32)33)15-35-27(38)18-7-10-21(22(11-18)43-3)45-14-16(2)46-47(40,41)42/h5-12,16,39H,4,13-15H2,1-3H3,(H2,34,37)(H,35,38)(H2,40,41,42)/t16-,28+/m1/s1. The SMILES string of the molecule is CCOc1c(CC(N)=O)cc([C@@](O)(CNC(=O)c2ccc(OC[C@@H](C)OP(=O)(O)O)c(OC)c2)C(F)(F)F)nc1-c1ccc(F)cc1. The Morgan fingerprint density at radius 2 is 1.72 bits per heavy atom. The van der Waals surface area contributed by atoms with Crippen molar-refractivity contribution in [3.05, 3.63) is 71.2 Å². The number of benzene rings is 2. The third kappa shape index (κ3) is 9.62. The molecule has 0 aliphatic heterocycles. The number of ether oxygens (including phenoxy) is 3. The number of halogens is 4. The predicted molar refractivity (Wildman–Crippen MR) is 157 cm³/mol. The molecule has 13 nitrogen and oxygen atoms in total. The zero-order chi connectivity index (χ0) is 35.2. The molecule has 47 heavy (non-hydrogen) atoms. The average molecular weight is 690 g/mol. The Morgan fingerprint density at radius 1 is 1.06 bits per heavy atom. The van der Waals surface area contributed by atoms with Gasteiger partial charge in [0.15, 0.2) is 11.5 Å². The maximum Gasteiger partial charge on any atom is 0.469 e. The summed E-state index contributed by atoms with van der Waals surface area (Å²) >= 11 is 0. The molecule has 0 spiro atoms. The fourth-order valence-corrected chi connectivity index (χ4v) is 4.80. The second kappa shape index (κ2) is 15.1. The van der Waals surface area contributed by atoms with Crippen molar-refractivity contribution in [3.63, 3.8) is 0 Å². The number of alkyl halides is 3. The van der Waals surface area contributed by atoms with Gasteiger partial charge in [-0.1, -0.05) is 0 Å². The minimum Gasteiger partial charge on any atom is -0.493 e. The van der Waals surface area contributed by atoms with Gasteiger partial charge in [0, 0.05) is 16.7 Å². The fourth-order valence-electron chi connectivity index (χ4n) is 4.27. The van der Waals surface area contributed by atoms with Crippen LogP contribution in [-0.4, -0.2) is 70.8 Å². The van der Waals surface area contributed by atoms with E-state index >= 15 is 0 Å².